The van der Waals surface area contributed by atoms with Gasteiger partial charge in [-0.3, -0.25) is 9.78 Å². The zero-order chi connectivity index (χ0) is 19.0. The van der Waals surface area contributed by atoms with Crippen LogP contribution in [0.3, 0.4) is 0 Å². The molecule has 2 aromatic rings. The fraction of sp³-hybridized carbons (Fsp3) is 0.455. The number of carbonyl (C=O) groups excluding carboxylic acids is 1. The van der Waals surface area contributed by atoms with Crippen LogP contribution in [0, 0.1) is 0 Å². The Bertz CT molecular complexity index is 864. The smallest absolute Gasteiger partial charge is 0.254 e. The zero-order valence-corrected chi connectivity index (χ0v) is 15.8. The first-order valence-corrected chi connectivity index (χ1v) is 9.84. The van der Waals surface area contributed by atoms with Crippen molar-refractivity contribution in [2.45, 2.75) is 44.4 Å². The second-order valence-corrected chi connectivity index (χ2v) is 7.96. The maximum Gasteiger partial charge on any atom is 0.254 e. The minimum atomic E-state index is -0.257. The van der Waals surface area contributed by atoms with E-state index >= 15 is 0 Å². The lowest BCUT2D eigenvalue weighted by Crippen LogP contribution is -2.67. The lowest BCUT2D eigenvalue weighted by atomic mass is 9.84. The predicted octanol–water partition coefficient (Wildman–Crippen LogP) is 2.70. The van der Waals surface area contributed by atoms with E-state index in [4.69, 9.17) is 14.2 Å². The second-order valence-electron chi connectivity index (χ2n) is 7.96. The first-order chi connectivity index (χ1) is 13.7. The number of carbonyl (C=O) groups is 1. The van der Waals surface area contributed by atoms with Gasteiger partial charge in [-0.25, -0.2) is 0 Å². The van der Waals surface area contributed by atoms with Crippen molar-refractivity contribution < 1.29 is 19.0 Å². The fourth-order valence-corrected chi connectivity index (χ4v) is 4.32. The highest BCUT2D eigenvalue weighted by Crippen LogP contribution is 2.36. The van der Waals surface area contributed by atoms with E-state index in [-0.39, 0.29) is 17.6 Å². The minimum absolute atomic E-state index is 0.0716. The van der Waals surface area contributed by atoms with Crippen LogP contribution >= 0.6 is 0 Å². The lowest BCUT2D eigenvalue weighted by Gasteiger charge is -2.53. The van der Waals surface area contributed by atoms with Crippen molar-refractivity contribution in [2.75, 3.05) is 19.7 Å². The number of benzene rings is 1. The van der Waals surface area contributed by atoms with Crippen molar-refractivity contribution in [2.24, 2.45) is 0 Å². The van der Waals surface area contributed by atoms with Gasteiger partial charge in [0, 0.05) is 31.0 Å². The Hall–Kier alpha value is -2.28. The van der Waals surface area contributed by atoms with E-state index in [1.54, 1.807) is 6.20 Å². The highest BCUT2D eigenvalue weighted by molar-refractivity contribution is 5.95. The van der Waals surface area contributed by atoms with Crippen LogP contribution in [-0.2, 0) is 34.0 Å². The van der Waals surface area contributed by atoms with Gasteiger partial charge in [0.15, 0.2) is 0 Å². The first-order valence-electron chi connectivity index (χ1n) is 9.84. The Kier molecular flexibility index (Phi) is 4.62. The van der Waals surface area contributed by atoms with E-state index in [1.807, 2.05) is 41.4 Å². The molecule has 0 bridgehead atoms. The molecule has 1 aromatic carbocycles. The molecular formula is C22H24N2O4. The summed E-state index contributed by atoms with van der Waals surface area (Å²) in [4.78, 5) is 18.8. The van der Waals surface area contributed by atoms with E-state index in [2.05, 4.69) is 4.98 Å². The van der Waals surface area contributed by atoms with E-state index in [9.17, 15) is 4.79 Å². The lowest BCUT2D eigenvalue weighted by molar-refractivity contribution is -0.188. The number of ether oxygens (including phenoxy) is 3. The molecule has 1 amide bonds. The van der Waals surface area contributed by atoms with Crippen LogP contribution in [0.25, 0.3) is 0 Å². The highest BCUT2D eigenvalue weighted by Gasteiger charge is 2.49. The van der Waals surface area contributed by atoms with E-state index in [1.165, 1.54) is 5.56 Å². The zero-order valence-electron chi connectivity index (χ0n) is 15.8. The SMILES string of the molecule is O=C(c1ccc2c(c1)COC2)N1CC2(CC(OCc3cccnc3)CCO2)C1. The summed E-state index contributed by atoms with van der Waals surface area (Å²) in [5, 5.41) is 0. The van der Waals surface area contributed by atoms with E-state index < -0.39 is 0 Å². The van der Waals surface area contributed by atoms with E-state index in [0.717, 1.165) is 29.5 Å². The number of rotatable bonds is 4. The van der Waals surface area contributed by atoms with Gasteiger partial charge in [-0.15, -0.1) is 0 Å². The van der Waals surface area contributed by atoms with Gasteiger partial charge in [0.1, 0.15) is 5.60 Å². The molecular weight excluding hydrogens is 356 g/mol. The fourth-order valence-electron chi connectivity index (χ4n) is 4.32. The molecule has 28 heavy (non-hydrogen) atoms. The summed E-state index contributed by atoms with van der Waals surface area (Å²) in [5.41, 5.74) is 3.86. The van der Waals surface area contributed by atoms with Gasteiger partial charge in [0.25, 0.3) is 5.91 Å². The summed E-state index contributed by atoms with van der Waals surface area (Å²) in [7, 11) is 0. The largest absolute Gasteiger partial charge is 0.373 e. The normalized spacial score (nSPS) is 22.7. The van der Waals surface area contributed by atoms with Crippen LogP contribution in [0.4, 0.5) is 0 Å². The molecule has 0 aliphatic carbocycles. The molecule has 3 aliphatic rings. The van der Waals surface area contributed by atoms with Crippen LogP contribution in [0.1, 0.15) is 39.9 Å². The van der Waals surface area contributed by atoms with Crippen LogP contribution in [0.5, 0.6) is 0 Å². The third-order valence-corrected chi connectivity index (χ3v) is 5.87. The summed E-state index contributed by atoms with van der Waals surface area (Å²) in [5.74, 6) is 0.0716. The minimum Gasteiger partial charge on any atom is -0.373 e. The third kappa shape index (κ3) is 3.43. The number of hydrogen-bond donors (Lipinski definition) is 0. The summed E-state index contributed by atoms with van der Waals surface area (Å²) in [6.45, 7) is 3.74. The number of fused-ring (bicyclic) bond motifs is 1. The molecule has 4 heterocycles. The molecule has 5 rings (SSSR count). The number of pyridine rings is 1. The van der Waals surface area contributed by atoms with Crippen LogP contribution in [-0.4, -0.2) is 47.2 Å². The highest BCUT2D eigenvalue weighted by atomic mass is 16.5. The number of aromatic nitrogens is 1. The Morgan fingerprint density at radius 2 is 2.14 bits per heavy atom. The maximum absolute atomic E-state index is 12.8. The van der Waals surface area contributed by atoms with Gasteiger partial charge in [-0.05, 0) is 41.3 Å². The van der Waals surface area contributed by atoms with Gasteiger partial charge in [-0.2, -0.15) is 0 Å². The van der Waals surface area contributed by atoms with Gasteiger partial charge in [0.05, 0.1) is 39.0 Å². The molecule has 1 unspecified atom stereocenters. The molecule has 0 N–H and O–H groups in total. The van der Waals surface area contributed by atoms with Crippen molar-refractivity contribution in [1.82, 2.24) is 9.88 Å². The molecule has 1 spiro atoms. The van der Waals surface area contributed by atoms with E-state index in [0.29, 0.717) is 39.5 Å². The molecule has 1 aromatic heterocycles. The Morgan fingerprint density at radius 1 is 1.25 bits per heavy atom. The van der Waals surface area contributed by atoms with Gasteiger partial charge >= 0.3 is 0 Å². The average Bonchev–Trinajstić information content (AvgIpc) is 3.19. The summed E-state index contributed by atoms with van der Waals surface area (Å²) >= 11 is 0. The predicted molar refractivity (Wildman–Crippen MR) is 102 cm³/mol. The summed E-state index contributed by atoms with van der Waals surface area (Å²) in [6, 6.07) is 9.82. The topological polar surface area (TPSA) is 60.9 Å². The van der Waals surface area contributed by atoms with Crippen molar-refractivity contribution in [3.63, 3.8) is 0 Å². The Morgan fingerprint density at radius 3 is 3.00 bits per heavy atom. The van der Waals surface area contributed by atoms with Crippen molar-refractivity contribution in [3.8, 4) is 0 Å². The van der Waals surface area contributed by atoms with Crippen molar-refractivity contribution >= 4 is 5.91 Å². The standard InChI is InChI=1S/C22H24N2O4/c25-21(17-3-4-18-12-26-13-19(18)8-17)24-14-22(15-24)9-20(5-7-28-22)27-11-16-2-1-6-23-10-16/h1-4,6,8,10,20H,5,7,9,11-15H2. The molecule has 3 aliphatic heterocycles. The number of hydrogen-bond acceptors (Lipinski definition) is 5. The van der Waals surface area contributed by atoms with Gasteiger partial charge in [0.2, 0.25) is 0 Å². The molecule has 0 saturated carbocycles. The summed E-state index contributed by atoms with van der Waals surface area (Å²) in [6.07, 6.45) is 5.47. The maximum atomic E-state index is 12.8. The quantitative estimate of drug-likeness (QED) is 0.816. The molecule has 146 valence electrons. The third-order valence-electron chi connectivity index (χ3n) is 5.87. The van der Waals surface area contributed by atoms with Crippen molar-refractivity contribution in [1.29, 1.82) is 0 Å². The molecule has 6 heteroatoms. The first kappa shape index (κ1) is 17.8. The van der Waals surface area contributed by atoms with Crippen LogP contribution < -0.4 is 0 Å². The summed E-state index contributed by atoms with van der Waals surface area (Å²) < 4.78 is 17.6. The Labute approximate surface area is 164 Å². The molecule has 2 fully saturated rings. The molecule has 6 nitrogen and oxygen atoms in total. The molecule has 2 saturated heterocycles. The Balaban J connectivity index is 1.17. The number of amides is 1. The average molecular weight is 380 g/mol. The monoisotopic (exact) mass is 380 g/mol. The number of nitrogens with zero attached hydrogens (tertiary/aromatic N) is 2. The van der Waals surface area contributed by atoms with Crippen molar-refractivity contribution in [3.05, 3.63) is 65.0 Å². The second kappa shape index (κ2) is 7.28. The number of likely N-dealkylation sites (tertiary alicyclic amines) is 1. The van der Waals surface area contributed by atoms with Crippen LogP contribution in [0.15, 0.2) is 42.7 Å². The van der Waals surface area contributed by atoms with Gasteiger partial charge < -0.3 is 19.1 Å². The molecule has 0 radical (unpaired) electrons. The van der Waals surface area contributed by atoms with Gasteiger partial charge in [-0.1, -0.05) is 12.1 Å². The molecule has 1 atom stereocenters. The van der Waals surface area contributed by atoms with Crippen LogP contribution in [0.2, 0.25) is 0 Å².